The maximum absolute atomic E-state index is 9.14. The second-order valence-corrected chi connectivity index (χ2v) is 3.35. The second kappa shape index (κ2) is 4.88. The molecule has 2 rings (SSSR count). The van der Waals surface area contributed by atoms with Crippen LogP contribution in [0.5, 0.6) is 11.5 Å². The maximum Gasteiger partial charge on any atom is 0.181 e. The molecule has 0 radical (unpaired) electrons. The molecule has 0 unspecified atom stereocenters. The Balaban J connectivity index is 2.51. The van der Waals surface area contributed by atoms with E-state index in [2.05, 4.69) is 4.98 Å². The van der Waals surface area contributed by atoms with Gasteiger partial charge >= 0.3 is 0 Å². The third kappa shape index (κ3) is 2.09. The quantitative estimate of drug-likeness (QED) is 0.876. The highest BCUT2D eigenvalue weighted by Gasteiger charge is 2.15. The van der Waals surface area contributed by atoms with E-state index in [4.69, 9.17) is 19.0 Å². The lowest BCUT2D eigenvalue weighted by atomic mass is 10.1. The van der Waals surface area contributed by atoms with Gasteiger partial charge in [-0.2, -0.15) is 0 Å². The lowest BCUT2D eigenvalue weighted by molar-refractivity contribution is 0.277. The molecule has 0 amide bonds. The van der Waals surface area contributed by atoms with Crippen molar-refractivity contribution in [2.45, 2.75) is 6.61 Å². The van der Waals surface area contributed by atoms with E-state index in [0.29, 0.717) is 23.0 Å². The number of hydrogen-bond acceptors (Lipinski definition) is 5. The van der Waals surface area contributed by atoms with Gasteiger partial charge in [-0.05, 0) is 12.1 Å². The smallest absolute Gasteiger partial charge is 0.181 e. The molecule has 0 aliphatic carbocycles. The average Bonchev–Trinajstić information content (AvgIpc) is 2.85. The van der Waals surface area contributed by atoms with Gasteiger partial charge in [0.05, 0.1) is 26.4 Å². The summed E-state index contributed by atoms with van der Waals surface area (Å²) in [4.78, 5) is 3.93. The zero-order valence-corrected chi connectivity index (χ0v) is 9.64. The van der Waals surface area contributed by atoms with Crippen LogP contribution in [0.1, 0.15) is 5.69 Å². The number of nitrogens with zero attached hydrogens (tertiary/aromatic N) is 1. The van der Waals surface area contributed by atoms with Crippen molar-refractivity contribution in [1.29, 1.82) is 0 Å². The first-order valence-corrected chi connectivity index (χ1v) is 5.05. The van der Waals surface area contributed by atoms with Gasteiger partial charge in [-0.15, -0.1) is 0 Å². The molecule has 1 aromatic carbocycles. The predicted octanol–water partition coefficient (Wildman–Crippen LogP) is 1.85. The number of aliphatic hydroxyl groups is 1. The molecule has 2 aromatic rings. The first kappa shape index (κ1) is 11.5. The van der Waals surface area contributed by atoms with Gasteiger partial charge in [0.15, 0.2) is 12.2 Å². The monoisotopic (exact) mass is 235 g/mol. The van der Waals surface area contributed by atoms with Crippen molar-refractivity contribution in [3.8, 4) is 22.8 Å². The highest BCUT2D eigenvalue weighted by atomic mass is 16.5. The van der Waals surface area contributed by atoms with Crippen molar-refractivity contribution in [2.24, 2.45) is 0 Å². The summed E-state index contributed by atoms with van der Waals surface area (Å²) >= 11 is 0. The second-order valence-electron chi connectivity index (χ2n) is 3.35. The first-order chi connectivity index (χ1) is 8.30. The van der Waals surface area contributed by atoms with E-state index in [9.17, 15) is 0 Å². The molecule has 0 aliphatic heterocycles. The minimum Gasteiger partial charge on any atom is -0.497 e. The number of aromatic nitrogens is 1. The van der Waals surface area contributed by atoms with Crippen molar-refractivity contribution in [3.63, 3.8) is 0 Å². The number of aliphatic hydroxyl groups excluding tert-OH is 1. The summed E-state index contributed by atoms with van der Waals surface area (Å²) in [5.74, 6) is 1.80. The van der Waals surface area contributed by atoms with E-state index in [1.807, 2.05) is 0 Å². The Labute approximate surface area is 98.6 Å². The highest BCUT2D eigenvalue weighted by Crippen LogP contribution is 2.34. The van der Waals surface area contributed by atoms with Crippen LogP contribution in [-0.4, -0.2) is 24.3 Å². The minimum absolute atomic E-state index is 0.180. The molecule has 1 aromatic heterocycles. The fourth-order valence-electron chi connectivity index (χ4n) is 1.59. The third-order valence-corrected chi connectivity index (χ3v) is 2.44. The molecule has 0 aliphatic rings. The van der Waals surface area contributed by atoms with Crippen LogP contribution in [0.3, 0.4) is 0 Å². The number of oxazole rings is 1. The maximum atomic E-state index is 9.14. The summed E-state index contributed by atoms with van der Waals surface area (Å²) in [5, 5.41) is 9.14. The number of methoxy groups -OCH3 is 2. The SMILES string of the molecule is COc1ccc(-c2ocnc2CO)c(OC)c1. The predicted molar refractivity (Wildman–Crippen MR) is 61.0 cm³/mol. The van der Waals surface area contributed by atoms with Crippen LogP contribution in [0.2, 0.25) is 0 Å². The molecule has 0 saturated heterocycles. The summed E-state index contributed by atoms with van der Waals surface area (Å²) < 4.78 is 15.6. The summed E-state index contributed by atoms with van der Waals surface area (Å²) in [6.07, 6.45) is 1.30. The van der Waals surface area contributed by atoms with Gasteiger partial charge in [0.2, 0.25) is 0 Å². The molecule has 90 valence electrons. The zero-order valence-electron chi connectivity index (χ0n) is 9.64. The molecule has 0 bridgehead atoms. The van der Waals surface area contributed by atoms with Gasteiger partial charge in [0.1, 0.15) is 17.2 Å². The van der Waals surface area contributed by atoms with Crippen LogP contribution >= 0.6 is 0 Å². The largest absolute Gasteiger partial charge is 0.497 e. The van der Waals surface area contributed by atoms with Crippen molar-refractivity contribution in [2.75, 3.05) is 14.2 Å². The molecule has 1 N–H and O–H groups in total. The van der Waals surface area contributed by atoms with Crippen molar-refractivity contribution in [1.82, 2.24) is 4.98 Å². The molecule has 1 heterocycles. The van der Waals surface area contributed by atoms with Crippen molar-refractivity contribution >= 4 is 0 Å². The van der Waals surface area contributed by atoms with Crippen molar-refractivity contribution < 1.29 is 19.0 Å². The number of rotatable bonds is 4. The van der Waals surface area contributed by atoms with Crippen LogP contribution in [0, 0.1) is 0 Å². The van der Waals surface area contributed by atoms with E-state index in [0.717, 1.165) is 5.56 Å². The van der Waals surface area contributed by atoms with Crippen LogP contribution in [0.4, 0.5) is 0 Å². The van der Waals surface area contributed by atoms with Crippen molar-refractivity contribution in [3.05, 3.63) is 30.3 Å². The molecule has 0 atom stereocenters. The van der Waals surface area contributed by atoms with E-state index >= 15 is 0 Å². The lowest BCUT2D eigenvalue weighted by Gasteiger charge is -2.08. The molecular weight excluding hydrogens is 222 g/mol. The van der Waals surface area contributed by atoms with Crippen LogP contribution in [0.15, 0.2) is 29.0 Å². The summed E-state index contributed by atoms with van der Waals surface area (Å²) in [5.41, 5.74) is 1.21. The fraction of sp³-hybridized carbons (Fsp3) is 0.250. The Kier molecular flexibility index (Phi) is 3.30. The summed E-state index contributed by atoms with van der Waals surface area (Å²) in [6, 6.07) is 5.35. The van der Waals surface area contributed by atoms with Gasteiger partial charge in [0.25, 0.3) is 0 Å². The summed E-state index contributed by atoms with van der Waals surface area (Å²) in [7, 11) is 3.15. The number of ether oxygens (including phenoxy) is 2. The standard InChI is InChI=1S/C12H13NO4/c1-15-8-3-4-9(11(5-8)16-2)12-10(6-14)13-7-17-12/h3-5,7,14H,6H2,1-2H3. The van der Waals surface area contributed by atoms with E-state index < -0.39 is 0 Å². The lowest BCUT2D eigenvalue weighted by Crippen LogP contribution is -1.92. The average molecular weight is 235 g/mol. The Bertz CT molecular complexity index is 507. The summed E-state index contributed by atoms with van der Waals surface area (Å²) in [6.45, 7) is -0.180. The van der Waals surface area contributed by atoms with E-state index in [1.165, 1.54) is 6.39 Å². The van der Waals surface area contributed by atoms with E-state index in [-0.39, 0.29) is 6.61 Å². The van der Waals surface area contributed by atoms with Gasteiger partial charge in [-0.3, -0.25) is 0 Å². The molecular formula is C12H13NO4. The van der Waals surface area contributed by atoms with Gasteiger partial charge in [-0.25, -0.2) is 4.98 Å². The Morgan fingerprint density at radius 1 is 1.29 bits per heavy atom. The van der Waals surface area contributed by atoms with E-state index in [1.54, 1.807) is 32.4 Å². The van der Waals surface area contributed by atoms with Crippen LogP contribution < -0.4 is 9.47 Å². The highest BCUT2D eigenvalue weighted by molar-refractivity contribution is 5.68. The Morgan fingerprint density at radius 2 is 2.12 bits per heavy atom. The molecule has 0 fully saturated rings. The molecule has 0 saturated carbocycles. The van der Waals surface area contributed by atoms with Crippen LogP contribution in [-0.2, 0) is 6.61 Å². The Morgan fingerprint density at radius 3 is 2.76 bits per heavy atom. The number of hydrogen-bond donors (Lipinski definition) is 1. The van der Waals surface area contributed by atoms with Gasteiger partial charge < -0.3 is 19.0 Å². The third-order valence-electron chi connectivity index (χ3n) is 2.44. The molecule has 5 nitrogen and oxygen atoms in total. The van der Waals surface area contributed by atoms with Gasteiger partial charge in [0, 0.05) is 6.07 Å². The Hall–Kier alpha value is -2.01. The topological polar surface area (TPSA) is 64.7 Å². The van der Waals surface area contributed by atoms with Gasteiger partial charge in [-0.1, -0.05) is 0 Å². The molecule has 0 spiro atoms. The zero-order chi connectivity index (χ0) is 12.3. The molecule has 5 heteroatoms. The fourth-order valence-corrected chi connectivity index (χ4v) is 1.59. The minimum atomic E-state index is -0.180. The number of benzene rings is 1. The first-order valence-electron chi connectivity index (χ1n) is 5.05. The normalized spacial score (nSPS) is 10.3. The molecule has 17 heavy (non-hydrogen) atoms. The van der Waals surface area contributed by atoms with Crippen LogP contribution in [0.25, 0.3) is 11.3 Å².